The SMILES string of the molecule is CNc1cccc(CN2CCCC2)n1. The highest BCUT2D eigenvalue weighted by Crippen LogP contribution is 2.12. The Bertz CT molecular complexity index is 292. The van der Waals surface area contributed by atoms with Crippen LogP contribution in [0.3, 0.4) is 0 Å². The number of anilines is 1. The molecule has 1 saturated heterocycles. The molecule has 14 heavy (non-hydrogen) atoms. The van der Waals surface area contributed by atoms with Crippen molar-refractivity contribution in [2.45, 2.75) is 19.4 Å². The molecule has 0 radical (unpaired) electrons. The van der Waals surface area contributed by atoms with Gasteiger partial charge in [0, 0.05) is 13.6 Å². The Kier molecular flexibility index (Phi) is 2.99. The molecule has 3 heteroatoms. The first-order valence-corrected chi connectivity index (χ1v) is 5.24. The molecule has 2 rings (SSSR count). The van der Waals surface area contributed by atoms with Gasteiger partial charge in [-0.25, -0.2) is 4.98 Å². The zero-order valence-electron chi connectivity index (χ0n) is 8.66. The highest BCUT2D eigenvalue weighted by molar-refractivity contribution is 5.34. The Morgan fingerprint density at radius 1 is 1.36 bits per heavy atom. The number of hydrogen-bond acceptors (Lipinski definition) is 3. The smallest absolute Gasteiger partial charge is 0.126 e. The van der Waals surface area contributed by atoms with Crippen molar-refractivity contribution < 1.29 is 0 Å². The first kappa shape index (κ1) is 9.46. The van der Waals surface area contributed by atoms with E-state index in [2.05, 4.69) is 27.3 Å². The Hall–Kier alpha value is -1.09. The molecule has 0 aliphatic carbocycles. The van der Waals surface area contributed by atoms with Crippen LogP contribution in [0.25, 0.3) is 0 Å². The van der Waals surface area contributed by atoms with E-state index in [1.807, 2.05) is 13.1 Å². The molecule has 0 spiro atoms. The van der Waals surface area contributed by atoms with Gasteiger partial charge in [0.15, 0.2) is 0 Å². The Morgan fingerprint density at radius 3 is 2.86 bits per heavy atom. The lowest BCUT2D eigenvalue weighted by atomic mass is 10.3. The molecule has 1 fully saturated rings. The average molecular weight is 191 g/mol. The van der Waals surface area contributed by atoms with Crippen molar-refractivity contribution >= 4 is 5.82 Å². The second kappa shape index (κ2) is 4.42. The molecule has 1 aliphatic heterocycles. The van der Waals surface area contributed by atoms with E-state index in [0.29, 0.717) is 0 Å². The summed E-state index contributed by atoms with van der Waals surface area (Å²) in [5.41, 5.74) is 1.17. The molecular weight excluding hydrogens is 174 g/mol. The van der Waals surface area contributed by atoms with E-state index in [1.54, 1.807) is 0 Å². The molecule has 0 bridgehead atoms. The third-order valence-electron chi connectivity index (χ3n) is 2.65. The van der Waals surface area contributed by atoms with Gasteiger partial charge in [0.2, 0.25) is 0 Å². The fraction of sp³-hybridized carbons (Fsp3) is 0.545. The number of rotatable bonds is 3. The maximum Gasteiger partial charge on any atom is 0.126 e. The van der Waals surface area contributed by atoms with E-state index in [9.17, 15) is 0 Å². The van der Waals surface area contributed by atoms with Crippen LogP contribution in [0.4, 0.5) is 5.82 Å². The second-order valence-corrected chi connectivity index (χ2v) is 3.75. The molecule has 0 aromatic carbocycles. The molecule has 0 unspecified atom stereocenters. The topological polar surface area (TPSA) is 28.2 Å². The molecule has 0 saturated carbocycles. The van der Waals surface area contributed by atoms with Crippen LogP contribution in [-0.4, -0.2) is 30.0 Å². The van der Waals surface area contributed by atoms with Crippen molar-refractivity contribution in [2.24, 2.45) is 0 Å². The summed E-state index contributed by atoms with van der Waals surface area (Å²) in [6.07, 6.45) is 2.68. The Labute approximate surface area is 85.1 Å². The zero-order chi connectivity index (χ0) is 9.80. The quantitative estimate of drug-likeness (QED) is 0.788. The van der Waals surface area contributed by atoms with Gasteiger partial charge in [-0.15, -0.1) is 0 Å². The summed E-state index contributed by atoms with van der Waals surface area (Å²) < 4.78 is 0. The predicted molar refractivity (Wildman–Crippen MR) is 58.3 cm³/mol. The van der Waals surface area contributed by atoms with E-state index in [1.165, 1.54) is 31.6 Å². The average Bonchev–Trinajstić information content (AvgIpc) is 2.71. The number of likely N-dealkylation sites (tertiary alicyclic amines) is 1. The molecular formula is C11H17N3. The van der Waals surface area contributed by atoms with Gasteiger partial charge in [-0.2, -0.15) is 0 Å². The van der Waals surface area contributed by atoms with Crippen LogP contribution in [0.15, 0.2) is 18.2 Å². The third kappa shape index (κ3) is 2.23. The number of pyridine rings is 1. The summed E-state index contributed by atoms with van der Waals surface area (Å²) >= 11 is 0. The van der Waals surface area contributed by atoms with Crippen LogP contribution >= 0.6 is 0 Å². The minimum atomic E-state index is 0.960. The van der Waals surface area contributed by atoms with Gasteiger partial charge in [-0.3, -0.25) is 4.90 Å². The van der Waals surface area contributed by atoms with E-state index in [4.69, 9.17) is 0 Å². The minimum absolute atomic E-state index is 0.960. The normalized spacial score (nSPS) is 17.2. The van der Waals surface area contributed by atoms with Crippen molar-refractivity contribution in [1.29, 1.82) is 0 Å². The van der Waals surface area contributed by atoms with E-state index >= 15 is 0 Å². The summed E-state index contributed by atoms with van der Waals surface area (Å²) in [5, 5.41) is 3.06. The summed E-state index contributed by atoms with van der Waals surface area (Å²) in [6, 6.07) is 6.15. The molecule has 1 aromatic heterocycles. The summed E-state index contributed by atoms with van der Waals surface area (Å²) in [4.78, 5) is 6.96. The molecule has 0 atom stereocenters. The molecule has 2 heterocycles. The fourth-order valence-electron chi connectivity index (χ4n) is 1.88. The van der Waals surface area contributed by atoms with Gasteiger partial charge in [-0.05, 0) is 38.1 Å². The van der Waals surface area contributed by atoms with Crippen molar-refractivity contribution in [1.82, 2.24) is 9.88 Å². The lowest BCUT2D eigenvalue weighted by molar-refractivity contribution is 0.327. The van der Waals surface area contributed by atoms with Gasteiger partial charge in [-0.1, -0.05) is 6.07 Å². The van der Waals surface area contributed by atoms with Crippen molar-refractivity contribution in [3.05, 3.63) is 23.9 Å². The van der Waals surface area contributed by atoms with E-state index in [-0.39, 0.29) is 0 Å². The first-order chi connectivity index (χ1) is 6.88. The van der Waals surface area contributed by atoms with Crippen molar-refractivity contribution in [3.8, 4) is 0 Å². The van der Waals surface area contributed by atoms with Crippen molar-refractivity contribution in [2.75, 3.05) is 25.5 Å². The molecule has 3 nitrogen and oxygen atoms in total. The minimum Gasteiger partial charge on any atom is -0.373 e. The Balaban J connectivity index is 2.00. The predicted octanol–water partition coefficient (Wildman–Crippen LogP) is 1.72. The third-order valence-corrected chi connectivity index (χ3v) is 2.65. The number of hydrogen-bond donors (Lipinski definition) is 1. The maximum absolute atomic E-state index is 4.50. The Morgan fingerprint density at radius 2 is 2.14 bits per heavy atom. The van der Waals surface area contributed by atoms with Crippen LogP contribution in [0.2, 0.25) is 0 Å². The second-order valence-electron chi connectivity index (χ2n) is 3.75. The monoisotopic (exact) mass is 191 g/mol. The van der Waals surface area contributed by atoms with Crippen molar-refractivity contribution in [3.63, 3.8) is 0 Å². The molecule has 1 N–H and O–H groups in total. The van der Waals surface area contributed by atoms with Gasteiger partial charge >= 0.3 is 0 Å². The van der Waals surface area contributed by atoms with Gasteiger partial charge in [0.05, 0.1) is 5.69 Å². The highest BCUT2D eigenvalue weighted by atomic mass is 15.1. The molecule has 1 aromatic rings. The van der Waals surface area contributed by atoms with Gasteiger partial charge in [0.1, 0.15) is 5.82 Å². The highest BCUT2D eigenvalue weighted by Gasteiger charge is 2.12. The number of aromatic nitrogens is 1. The van der Waals surface area contributed by atoms with Gasteiger partial charge < -0.3 is 5.32 Å². The lowest BCUT2D eigenvalue weighted by Crippen LogP contribution is -2.19. The standard InChI is InChI=1S/C11H17N3/c1-12-11-6-4-5-10(13-11)9-14-7-2-3-8-14/h4-6H,2-3,7-9H2,1H3,(H,12,13). The molecule has 76 valence electrons. The number of nitrogens with zero attached hydrogens (tertiary/aromatic N) is 2. The fourth-order valence-corrected chi connectivity index (χ4v) is 1.88. The van der Waals surface area contributed by atoms with Crippen LogP contribution in [0.1, 0.15) is 18.5 Å². The summed E-state index contributed by atoms with van der Waals surface area (Å²) in [6.45, 7) is 3.45. The van der Waals surface area contributed by atoms with E-state index in [0.717, 1.165) is 12.4 Å². The van der Waals surface area contributed by atoms with Crippen LogP contribution in [0, 0.1) is 0 Å². The van der Waals surface area contributed by atoms with E-state index < -0.39 is 0 Å². The molecule has 1 aliphatic rings. The largest absolute Gasteiger partial charge is 0.373 e. The summed E-state index contributed by atoms with van der Waals surface area (Å²) in [7, 11) is 1.90. The van der Waals surface area contributed by atoms with Crippen LogP contribution in [-0.2, 0) is 6.54 Å². The zero-order valence-corrected chi connectivity index (χ0v) is 8.66. The summed E-state index contributed by atoms with van der Waals surface area (Å²) in [5.74, 6) is 0.960. The molecule has 0 amide bonds. The van der Waals surface area contributed by atoms with Gasteiger partial charge in [0.25, 0.3) is 0 Å². The maximum atomic E-state index is 4.50. The lowest BCUT2D eigenvalue weighted by Gasteiger charge is -2.14. The van der Waals surface area contributed by atoms with Crippen LogP contribution < -0.4 is 5.32 Å². The van der Waals surface area contributed by atoms with Crippen LogP contribution in [0.5, 0.6) is 0 Å². The number of nitrogens with one attached hydrogen (secondary N) is 1. The first-order valence-electron chi connectivity index (χ1n) is 5.24.